The molecule has 0 rings (SSSR count). The molecule has 0 aromatic rings. The molecule has 0 N–H and O–H groups in total. The highest BCUT2D eigenvalue weighted by atomic mass is 35.5. The third-order valence-electron chi connectivity index (χ3n) is 0.938. The van der Waals surface area contributed by atoms with Crippen molar-refractivity contribution in [3.8, 4) is 0 Å². The summed E-state index contributed by atoms with van der Waals surface area (Å²) in [7, 11) is 0. The molecule has 0 amide bonds. The fraction of sp³-hybridized carbons (Fsp3) is 1.00. The molecule has 0 aromatic heterocycles. The minimum Gasteiger partial charge on any atom is -0.339 e. The second-order valence-corrected chi connectivity index (χ2v) is 2.16. The minimum absolute atomic E-state index is 0.395. The zero-order valence-corrected chi connectivity index (χ0v) is 6.31. The summed E-state index contributed by atoms with van der Waals surface area (Å²) in [5.74, 6) is 0. The molecule has 0 aliphatic heterocycles. The van der Waals surface area contributed by atoms with E-state index >= 15 is 0 Å². The van der Waals surface area contributed by atoms with Crippen molar-refractivity contribution in [1.29, 1.82) is 0 Å². The number of ether oxygens (including phenoxy) is 1. The van der Waals surface area contributed by atoms with Crippen molar-refractivity contribution in [3.05, 3.63) is 4.91 Å². The Morgan fingerprint density at radius 2 is 2.22 bits per heavy atom. The summed E-state index contributed by atoms with van der Waals surface area (Å²) in [6.45, 7) is 3.91. The highest BCUT2D eigenvalue weighted by Gasteiger charge is 2.25. The van der Waals surface area contributed by atoms with Gasteiger partial charge >= 0.3 is 0 Å². The maximum absolute atomic E-state index is 9.94. The van der Waals surface area contributed by atoms with E-state index in [9.17, 15) is 4.91 Å². The Kier molecular flexibility index (Phi) is 3.73. The van der Waals surface area contributed by atoms with Gasteiger partial charge in [-0.25, -0.2) is 0 Å². The first-order valence-electron chi connectivity index (χ1n) is 2.86. The van der Waals surface area contributed by atoms with Gasteiger partial charge in [-0.2, -0.15) is 0 Å². The Hall–Kier alpha value is -0.150. The molecule has 54 valence electrons. The van der Waals surface area contributed by atoms with Gasteiger partial charge in [0.15, 0.2) is 0 Å². The van der Waals surface area contributed by atoms with E-state index in [2.05, 4.69) is 5.18 Å². The van der Waals surface area contributed by atoms with Crippen LogP contribution < -0.4 is 0 Å². The smallest absolute Gasteiger partial charge is 0.276 e. The minimum atomic E-state index is -1.32. The average molecular weight is 152 g/mol. The molecule has 0 radical (unpaired) electrons. The van der Waals surface area contributed by atoms with E-state index in [-0.39, 0.29) is 0 Å². The number of nitrogens with zero attached hydrogens (tertiary/aromatic N) is 1. The monoisotopic (exact) mass is 151 g/mol. The van der Waals surface area contributed by atoms with Crippen LogP contribution in [0.3, 0.4) is 0 Å². The number of halogens is 1. The summed E-state index contributed by atoms with van der Waals surface area (Å²) < 4.78 is 4.81. The predicted octanol–water partition coefficient (Wildman–Crippen LogP) is 2.09. The van der Waals surface area contributed by atoms with Gasteiger partial charge in [-0.1, -0.05) is 18.5 Å². The van der Waals surface area contributed by atoms with Crippen molar-refractivity contribution in [2.45, 2.75) is 25.5 Å². The molecule has 0 spiro atoms. The lowest BCUT2D eigenvalue weighted by Gasteiger charge is -2.15. The highest BCUT2D eigenvalue weighted by Crippen LogP contribution is 2.21. The van der Waals surface area contributed by atoms with Gasteiger partial charge in [-0.15, -0.1) is 4.91 Å². The van der Waals surface area contributed by atoms with E-state index in [0.717, 1.165) is 0 Å². The average Bonchev–Trinajstić information content (AvgIpc) is 1.89. The first-order chi connectivity index (χ1) is 4.18. The third-order valence-corrected chi connectivity index (χ3v) is 1.38. The fourth-order valence-electron chi connectivity index (χ4n) is 0.414. The number of hydrogen-bond donors (Lipinski definition) is 0. The van der Waals surface area contributed by atoms with Crippen LogP contribution in [0.2, 0.25) is 0 Å². The number of nitroso groups, excluding NO2 is 1. The zero-order valence-electron chi connectivity index (χ0n) is 5.56. The van der Waals surface area contributed by atoms with Gasteiger partial charge < -0.3 is 4.74 Å². The van der Waals surface area contributed by atoms with E-state index in [0.29, 0.717) is 13.0 Å². The van der Waals surface area contributed by atoms with Gasteiger partial charge in [0.1, 0.15) is 0 Å². The van der Waals surface area contributed by atoms with E-state index in [1.54, 1.807) is 13.8 Å². The summed E-state index contributed by atoms with van der Waals surface area (Å²) in [4.78, 5) is 9.94. The largest absolute Gasteiger partial charge is 0.339 e. The molecule has 9 heavy (non-hydrogen) atoms. The second-order valence-electron chi connectivity index (χ2n) is 1.57. The lowest BCUT2D eigenvalue weighted by molar-refractivity contribution is 0.0305. The molecule has 1 atom stereocenters. The molecule has 4 heteroatoms. The third kappa shape index (κ3) is 2.77. The Morgan fingerprint density at radius 3 is 2.33 bits per heavy atom. The van der Waals surface area contributed by atoms with E-state index in [4.69, 9.17) is 16.3 Å². The molecular weight excluding hydrogens is 142 g/mol. The molecule has 0 saturated carbocycles. The Labute approximate surface area is 59.3 Å². The predicted molar refractivity (Wildman–Crippen MR) is 36.3 cm³/mol. The molecule has 0 heterocycles. The summed E-state index contributed by atoms with van der Waals surface area (Å²) in [6.07, 6.45) is 0.395. The number of alkyl halides is 1. The van der Waals surface area contributed by atoms with Gasteiger partial charge in [-0.3, -0.25) is 0 Å². The normalized spacial score (nSPS) is 16.8. The van der Waals surface area contributed by atoms with Crippen molar-refractivity contribution in [1.82, 2.24) is 0 Å². The van der Waals surface area contributed by atoms with Gasteiger partial charge in [0.25, 0.3) is 5.18 Å². The van der Waals surface area contributed by atoms with Crippen LogP contribution in [0.5, 0.6) is 0 Å². The van der Waals surface area contributed by atoms with Crippen LogP contribution in [0.4, 0.5) is 0 Å². The summed E-state index contributed by atoms with van der Waals surface area (Å²) in [5, 5.41) is 1.30. The Bertz CT molecular complexity index is 99.0. The second kappa shape index (κ2) is 3.80. The van der Waals surface area contributed by atoms with Crippen LogP contribution in [-0.2, 0) is 4.74 Å². The molecule has 0 bridgehead atoms. The molecule has 0 fully saturated rings. The maximum Gasteiger partial charge on any atom is 0.276 e. The SMILES string of the molecule is CCOC(Cl)(CC)N=O. The van der Waals surface area contributed by atoms with Crippen LogP contribution in [0.1, 0.15) is 20.3 Å². The highest BCUT2D eigenvalue weighted by molar-refractivity contribution is 6.22. The van der Waals surface area contributed by atoms with Crippen LogP contribution in [0, 0.1) is 4.91 Å². The molecule has 0 aliphatic carbocycles. The topological polar surface area (TPSA) is 38.7 Å². The van der Waals surface area contributed by atoms with E-state index in [1.807, 2.05) is 0 Å². The van der Waals surface area contributed by atoms with Gasteiger partial charge in [0.2, 0.25) is 0 Å². The van der Waals surface area contributed by atoms with Gasteiger partial charge in [-0.05, 0) is 12.1 Å². The van der Waals surface area contributed by atoms with E-state index < -0.39 is 5.18 Å². The first-order valence-corrected chi connectivity index (χ1v) is 3.23. The van der Waals surface area contributed by atoms with Crippen LogP contribution in [0.15, 0.2) is 5.18 Å². The molecule has 0 aliphatic rings. The Balaban J connectivity index is 3.76. The van der Waals surface area contributed by atoms with Crippen molar-refractivity contribution < 1.29 is 4.74 Å². The Morgan fingerprint density at radius 1 is 1.67 bits per heavy atom. The number of rotatable bonds is 4. The van der Waals surface area contributed by atoms with Crippen LogP contribution in [0.25, 0.3) is 0 Å². The lowest BCUT2D eigenvalue weighted by atomic mass is 10.4. The molecule has 0 aromatic carbocycles. The fourth-order valence-corrected chi connectivity index (χ4v) is 0.523. The van der Waals surface area contributed by atoms with Crippen molar-refractivity contribution in [3.63, 3.8) is 0 Å². The van der Waals surface area contributed by atoms with Crippen LogP contribution in [-0.4, -0.2) is 11.8 Å². The first kappa shape index (κ1) is 8.85. The lowest BCUT2D eigenvalue weighted by Crippen LogP contribution is -2.20. The summed E-state index contributed by atoms with van der Waals surface area (Å²) in [6, 6.07) is 0. The standard InChI is InChI=1S/C5H10ClNO2/c1-3-5(6,7-8)9-4-2/h3-4H2,1-2H3. The quantitative estimate of drug-likeness (QED) is 0.351. The van der Waals surface area contributed by atoms with Crippen molar-refractivity contribution in [2.75, 3.05) is 6.61 Å². The van der Waals surface area contributed by atoms with Crippen molar-refractivity contribution in [2.24, 2.45) is 5.18 Å². The molecular formula is C5H10ClNO2. The van der Waals surface area contributed by atoms with Crippen LogP contribution >= 0.6 is 11.6 Å². The van der Waals surface area contributed by atoms with Gasteiger partial charge in [0.05, 0.1) is 0 Å². The number of hydrogen-bond acceptors (Lipinski definition) is 3. The summed E-state index contributed by atoms with van der Waals surface area (Å²) >= 11 is 5.51. The molecule has 1 unspecified atom stereocenters. The molecule has 0 saturated heterocycles. The summed E-state index contributed by atoms with van der Waals surface area (Å²) in [5.41, 5.74) is 0. The maximum atomic E-state index is 9.94. The molecule has 3 nitrogen and oxygen atoms in total. The van der Waals surface area contributed by atoms with Gasteiger partial charge in [0, 0.05) is 13.0 Å². The van der Waals surface area contributed by atoms with E-state index in [1.165, 1.54) is 0 Å². The zero-order chi connectivity index (χ0) is 7.33. The van der Waals surface area contributed by atoms with Crippen molar-refractivity contribution >= 4 is 11.6 Å².